The Kier molecular flexibility index (Phi) is 3.66. The van der Waals surface area contributed by atoms with E-state index in [1.165, 1.54) is 6.07 Å². The normalized spacial score (nSPS) is 14.9. The minimum atomic E-state index is -0.535. The summed E-state index contributed by atoms with van der Waals surface area (Å²) in [5, 5.41) is 8.94. The number of rotatable bonds is 4. The lowest BCUT2D eigenvalue weighted by Gasteiger charge is -2.28. The first kappa shape index (κ1) is 11.9. The quantitative estimate of drug-likeness (QED) is 0.652. The number of aliphatic hydroxyl groups excluding tert-OH is 1. The van der Waals surface area contributed by atoms with Gasteiger partial charge in [-0.15, -0.1) is 0 Å². The van der Waals surface area contributed by atoms with E-state index < -0.39 is 5.41 Å². The molecular weight excluding hydrogens is 195 g/mol. The van der Waals surface area contributed by atoms with Gasteiger partial charge in [-0.05, 0) is 24.1 Å². The van der Waals surface area contributed by atoms with Crippen molar-refractivity contribution in [1.29, 1.82) is 0 Å². The SMILES string of the molecule is CC(CN)(CCO)c1ccc(N)cc1F. The van der Waals surface area contributed by atoms with Crippen LogP contribution in [0.25, 0.3) is 0 Å². The van der Waals surface area contributed by atoms with E-state index in [0.717, 1.165) is 0 Å². The molecule has 1 rings (SSSR count). The van der Waals surface area contributed by atoms with Crippen LogP contribution in [0.15, 0.2) is 18.2 Å². The Morgan fingerprint density at radius 2 is 2.13 bits per heavy atom. The van der Waals surface area contributed by atoms with Crippen LogP contribution in [0.3, 0.4) is 0 Å². The van der Waals surface area contributed by atoms with Crippen LogP contribution in [-0.2, 0) is 5.41 Å². The highest BCUT2D eigenvalue weighted by molar-refractivity contribution is 5.42. The van der Waals surface area contributed by atoms with Gasteiger partial charge in [0.1, 0.15) is 5.82 Å². The Hall–Kier alpha value is -1.13. The van der Waals surface area contributed by atoms with E-state index in [1.54, 1.807) is 12.1 Å². The van der Waals surface area contributed by atoms with Gasteiger partial charge in [0.25, 0.3) is 0 Å². The first-order valence-corrected chi connectivity index (χ1v) is 4.90. The zero-order valence-electron chi connectivity index (χ0n) is 8.83. The maximum atomic E-state index is 13.6. The lowest BCUT2D eigenvalue weighted by molar-refractivity contribution is 0.244. The van der Waals surface area contributed by atoms with E-state index in [9.17, 15) is 4.39 Å². The van der Waals surface area contributed by atoms with Crippen LogP contribution in [-0.4, -0.2) is 18.3 Å². The van der Waals surface area contributed by atoms with Crippen molar-refractivity contribution in [3.05, 3.63) is 29.6 Å². The topological polar surface area (TPSA) is 72.3 Å². The van der Waals surface area contributed by atoms with Gasteiger partial charge < -0.3 is 16.6 Å². The van der Waals surface area contributed by atoms with Gasteiger partial charge in [0.05, 0.1) is 0 Å². The number of halogens is 1. The molecule has 0 aliphatic rings. The molecule has 1 aromatic carbocycles. The van der Waals surface area contributed by atoms with Gasteiger partial charge in [-0.1, -0.05) is 13.0 Å². The highest BCUT2D eigenvalue weighted by atomic mass is 19.1. The summed E-state index contributed by atoms with van der Waals surface area (Å²) >= 11 is 0. The number of aliphatic hydroxyl groups is 1. The molecule has 84 valence electrons. The van der Waals surface area contributed by atoms with Gasteiger partial charge in [0.2, 0.25) is 0 Å². The Morgan fingerprint density at radius 1 is 1.47 bits per heavy atom. The van der Waals surface area contributed by atoms with Crippen molar-refractivity contribution in [1.82, 2.24) is 0 Å². The van der Waals surface area contributed by atoms with Crippen molar-refractivity contribution in [3.8, 4) is 0 Å². The van der Waals surface area contributed by atoms with E-state index in [-0.39, 0.29) is 19.0 Å². The fourth-order valence-corrected chi connectivity index (χ4v) is 1.61. The molecular formula is C11H17FN2O. The first-order valence-electron chi connectivity index (χ1n) is 4.90. The maximum absolute atomic E-state index is 13.6. The minimum Gasteiger partial charge on any atom is -0.399 e. The standard InChI is InChI=1S/C11H17FN2O/c1-11(7-13,4-5-15)9-3-2-8(14)6-10(9)12/h2-3,6,15H,4-5,7,13-14H2,1H3. The van der Waals surface area contributed by atoms with Gasteiger partial charge in [-0.3, -0.25) is 0 Å². The summed E-state index contributed by atoms with van der Waals surface area (Å²) in [4.78, 5) is 0. The molecule has 0 aliphatic carbocycles. The molecule has 0 aliphatic heterocycles. The summed E-state index contributed by atoms with van der Waals surface area (Å²) < 4.78 is 13.6. The lowest BCUT2D eigenvalue weighted by Crippen LogP contribution is -2.33. The molecule has 0 fully saturated rings. The Balaban J connectivity index is 3.12. The molecule has 0 spiro atoms. The zero-order valence-corrected chi connectivity index (χ0v) is 8.83. The molecule has 0 amide bonds. The summed E-state index contributed by atoms with van der Waals surface area (Å²) in [5.74, 6) is -0.364. The van der Waals surface area contributed by atoms with E-state index in [0.29, 0.717) is 17.7 Å². The number of anilines is 1. The van der Waals surface area contributed by atoms with Crippen molar-refractivity contribution in [2.45, 2.75) is 18.8 Å². The van der Waals surface area contributed by atoms with Gasteiger partial charge in [-0.25, -0.2) is 4.39 Å². The molecule has 5 N–H and O–H groups in total. The molecule has 15 heavy (non-hydrogen) atoms. The number of benzene rings is 1. The van der Waals surface area contributed by atoms with Gasteiger partial charge in [-0.2, -0.15) is 0 Å². The van der Waals surface area contributed by atoms with Gasteiger partial charge >= 0.3 is 0 Å². The monoisotopic (exact) mass is 212 g/mol. The highest BCUT2D eigenvalue weighted by Crippen LogP contribution is 2.29. The predicted octanol–water partition coefficient (Wildman–Crippen LogP) is 1.01. The van der Waals surface area contributed by atoms with Crippen molar-refractivity contribution in [2.75, 3.05) is 18.9 Å². The van der Waals surface area contributed by atoms with E-state index in [4.69, 9.17) is 16.6 Å². The van der Waals surface area contributed by atoms with Gasteiger partial charge in [0, 0.05) is 24.3 Å². The number of nitrogens with two attached hydrogens (primary N) is 2. The van der Waals surface area contributed by atoms with E-state index in [2.05, 4.69) is 0 Å². The summed E-state index contributed by atoms with van der Waals surface area (Å²) in [5.41, 5.74) is 11.4. The molecule has 3 nitrogen and oxygen atoms in total. The predicted molar refractivity (Wildman–Crippen MR) is 58.9 cm³/mol. The lowest BCUT2D eigenvalue weighted by atomic mass is 9.79. The van der Waals surface area contributed by atoms with Crippen molar-refractivity contribution < 1.29 is 9.50 Å². The molecule has 0 saturated heterocycles. The fourth-order valence-electron chi connectivity index (χ4n) is 1.61. The Labute approximate surface area is 88.9 Å². The smallest absolute Gasteiger partial charge is 0.129 e. The van der Waals surface area contributed by atoms with E-state index in [1.807, 2.05) is 6.92 Å². The molecule has 1 aromatic rings. The second-order valence-corrected chi connectivity index (χ2v) is 3.98. The van der Waals surface area contributed by atoms with E-state index >= 15 is 0 Å². The first-order chi connectivity index (χ1) is 7.03. The molecule has 0 aromatic heterocycles. The summed E-state index contributed by atoms with van der Waals surface area (Å²) in [6.07, 6.45) is 0.435. The summed E-state index contributed by atoms with van der Waals surface area (Å²) in [6.45, 7) is 2.10. The number of nitrogen functional groups attached to an aromatic ring is 1. The van der Waals surface area contributed by atoms with Crippen LogP contribution in [0, 0.1) is 5.82 Å². The van der Waals surface area contributed by atoms with Crippen LogP contribution in [0.1, 0.15) is 18.9 Å². The minimum absolute atomic E-state index is 0.0164. The third-order valence-corrected chi connectivity index (χ3v) is 2.76. The average molecular weight is 212 g/mol. The molecule has 4 heteroatoms. The average Bonchev–Trinajstić information content (AvgIpc) is 2.17. The molecule has 0 bridgehead atoms. The van der Waals surface area contributed by atoms with Crippen molar-refractivity contribution in [3.63, 3.8) is 0 Å². The third-order valence-electron chi connectivity index (χ3n) is 2.76. The van der Waals surface area contributed by atoms with Crippen molar-refractivity contribution in [2.24, 2.45) is 5.73 Å². The van der Waals surface area contributed by atoms with Crippen LogP contribution >= 0.6 is 0 Å². The largest absolute Gasteiger partial charge is 0.399 e. The molecule has 0 saturated carbocycles. The molecule has 0 heterocycles. The second kappa shape index (κ2) is 4.59. The maximum Gasteiger partial charge on any atom is 0.129 e. The van der Waals surface area contributed by atoms with Crippen LogP contribution in [0.5, 0.6) is 0 Å². The molecule has 1 unspecified atom stereocenters. The molecule has 1 atom stereocenters. The third kappa shape index (κ3) is 2.46. The van der Waals surface area contributed by atoms with Gasteiger partial charge in [0.15, 0.2) is 0 Å². The molecule has 0 radical (unpaired) electrons. The van der Waals surface area contributed by atoms with Crippen LogP contribution in [0.4, 0.5) is 10.1 Å². The highest BCUT2D eigenvalue weighted by Gasteiger charge is 2.27. The summed E-state index contributed by atoms with van der Waals surface area (Å²) in [7, 11) is 0. The summed E-state index contributed by atoms with van der Waals surface area (Å²) in [6, 6.07) is 4.55. The Morgan fingerprint density at radius 3 is 2.60 bits per heavy atom. The van der Waals surface area contributed by atoms with Crippen LogP contribution < -0.4 is 11.5 Å². The zero-order chi connectivity index (χ0) is 11.5. The van der Waals surface area contributed by atoms with Crippen LogP contribution in [0.2, 0.25) is 0 Å². The van der Waals surface area contributed by atoms with Crippen molar-refractivity contribution >= 4 is 5.69 Å². The number of hydrogen-bond donors (Lipinski definition) is 3. The number of hydrogen-bond acceptors (Lipinski definition) is 3. The fraction of sp³-hybridized carbons (Fsp3) is 0.455. The Bertz CT molecular complexity index is 343. The second-order valence-electron chi connectivity index (χ2n) is 3.98.